The van der Waals surface area contributed by atoms with Gasteiger partial charge < -0.3 is 25.0 Å². The zero-order valence-corrected chi connectivity index (χ0v) is 20.5. The van der Waals surface area contributed by atoms with Crippen molar-refractivity contribution >= 4 is 17.8 Å². The predicted molar refractivity (Wildman–Crippen MR) is 125 cm³/mol. The average Bonchev–Trinajstić information content (AvgIpc) is 2.72. The zero-order valence-electron chi connectivity index (χ0n) is 20.5. The number of aliphatic hydroxyl groups excluding tert-OH is 1. The predicted octanol–water partition coefficient (Wildman–Crippen LogP) is 1.99. The van der Waals surface area contributed by atoms with Crippen LogP contribution in [0.3, 0.4) is 0 Å². The minimum Gasteiger partial charge on any atom is -0.491 e. The Morgan fingerprint density at radius 2 is 1.58 bits per heavy atom. The summed E-state index contributed by atoms with van der Waals surface area (Å²) < 4.78 is 5.86. The minimum atomic E-state index is -1.82. The number of hydrogen-bond donors (Lipinski definition) is 3. The molecule has 0 spiro atoms. The molecule has 0 bridgehead atoms. The van der Waals surface area contributed by atoms with E-state index in [1.54, 1.807) is 0 Å². The number of benzene rings is 1. The van der Waals surface area contributed by atoms with Gasteiger partial charge in [-0.2, -0.15) is 0 Å². The molecule has 1 aliphatic heterocycles. The Morgan fingerprint density at radius 3 is 2.00 bits per heavy atom. The normalized spacial score (nSPS) is 15.5. The number of carboxylic acids is 2. The Labute approximate surface area is 196 Å². The van der Waals surface area contributed by atoms with Gasteiger partial charge in [0, 0.05) is 38.6 Å². The van der Waals surface area contributed by atoms with Crippen LogP contribution in [0.5, 0.6) is 5.75 Å². The number of carboxylic acid groups (broad SMARTS) is 2. The summed E-state index contributed by atoms with van der Waals surface area (Å²) in [4.78, 5) is 34.4. The largest absolute Gasteiger partial charge is 0.491 e. The molecule has 1 fully saturated rings. The lowest BCUT2D eigenvalue weighted by Crippen LogP contribution is -2.51. The maximum absolute atomic E-state index is 12.0. The zero-order chi connectivity index (χ0) is 25.3. The van der Waals surface area contributed by atoms with Gasteiger partial charge >= 0.3 is 11.9 Å². The van der Waals surface area contributed by atoms with Crippen LogP contribution in [-0.2, 0) is 19.8 Å². The number of hydrogen-bond acceptors (Lipinski definition) is 6. The van der Waals surface area contributed by atoms with Gasteiger partial charge in [0.15, 0.2) is 0 Å². The number of aliphatic hydroxyl groups is 1. The van der Waals surface area contributed by atoms with Crippen LogP contribution in [0, 0.1) is 12.8 Å². The Morgan fingerprint density at radius 1 is 1.03 bits per heavy atom. The summed E-state index contributed by atoms with van der Waals surface area (Å²) in [6.45, 7) is 16.4. The lowest BCUT2D eigenvalue weighted by atomic mass is 9.86. The van der Waals surface area contributed by atoms with E-state index in [1.807, 2.05) is 31.7 Å². The molecule has 186 valence electrons. The molecular formula is C24H38N2O7. The number of carbonyl (C=O) groups excluding carboxylic acids is 1. The van der Waals surface area contributed by atoms with E-state index >= 15 is 0 Å². The van der Waals surface area contributed by atoms with Crippen LogP contribution in [0.25, 0.3) is 0 Å². The van der Waals surface area contributed by atoms with Gasteiger partial charge in [-0.25, -0.2) is 9.59 Å². The summed E-state index contributed by atoms with van der Waals surface area (Å²) in [6.07, 6.45) is -0.543. The first-order valence-corrected chi connectivity index (χ1v) is 11.1. The summed E-state index contributed by atoms with van der Waals surface area (Å²) in [5.41, 5.74) is 2.49. The number of β-amino-alcohol motifs (C(OH)–C–C–N with tert-alkyl or cyclic N) is 1. The van der Waals surface area contributed by atoms with Gasteiger partial charge in [-0.1, -0.05) is 46.8 Å². The summed E-state index contributed by atoms with van der Waals surface area (Å²) in [5.74, 6) is -2.56. The SMILES string of the molecule is Cc1cc(C(C)(C)C)ccc1OCC(O)CN1CCN(C(=O)C(C)C)CC1.O=C(O)C(=O)O. The van der Waals surface area contributed by atoms with Crippen LogP contribution in [0.15, 0.2) is 18.2 Å². The minimum absolute atomic E-state index is 0.0449. The third-order valence-electron chi connectivity index (χ3n) is 5.30. The molecule has 1 aromatic carbocycles. The molecule has 0 aliphatic carbocycles. The van der Waals surface area contributed by atoms with Crippen LogP contribution in [0.1, 0.15) is 45.7 Å². The van der Waals surface area contributed by atoms with Crippen LogP contribution >= 0.6 is 0 Å². The molecule has 1 unspecified atom stereocenters. The number of piperazine rings is 1. The fourth-order valence-electron chi connectivity index (χ4n) is 3.33. The van der Waals surface area contributed by atoms with Gasteiger partial charge in [0.25, 0.3) is 0 Å². The molecule has 1 aromatic rings. The first-order valence-electron chi connectivity index (χ1n) is 11.1. The highest BCUT2D eigenvalue weighted by molar-refractivity contribution is 6.27. The number of aryl methyl sites for hydroxylation is 1. The number of ether oxygens (including phenoxy) is 1. The molecule has 9 nitrogen and oxygen atoms in total. The van der Waals surface area contributed by atoms with Gasteiger partial charge in [-0.05, 0) is 29.5 Å². The Hall–Kier alpha value is -2.65. The van der Waals surface area contributed by atoms with E-state index < -0.39 is 18.0 Å². The van der Waals surface area contributed by atoms with E-state index in [0.717, 1.165) is 37.5 Å². The van der Waals surface area contributed by atoms with E-state index in [0.29, 0.717) is 6.54 Å². The second kappa shape index (κ2) is 12.6. The Kier molecular flexibility index (Phi) is 10.8. The lowest BCUT2D eigenvalue weighted by Gasteiger charge is -2.36. The van der Waals surface area contributed by atoms with Crippen molar-refractivity contribution in [1.29, 1.82) is 0 Å². The molecule has 1 atom stereocenters. The second-order valence-corrected chi connectivity index (χ2v) is 9.59. The van der Waals surface area contributed by atoms with Crippen LogP contribution < -0.4 is 4.74 Å². The molecule has 2 rings (SSSR count). The number of amides is 1. The number of rotatable bonds is 6. The second-order valence-electron chi connectivity index (χ2n) is 9.59. The van der Waals surface area contributed by atoms with Crippen LogP contribution in [0.4, 0.5) is 0 Å². The molecule has 3 N–H and O–H groups in total. The number of carbonyl (C=O) groups is 3. The fraction of sp³-hybridized carbons (Fsp3) is 0.625. The van der Waals surface area contributed by atoms with Gasteiger partial charge in [0.2, 0.25) is 5.91 Å². The van der Waals surface area contributed by atoms with Gasteiger partial charge in [-0.3, -0.25) is 9.69 Å². The highest BCUT2D eigenvalue weighted by Crippen LogP contribution is 2.27. The first-order chi connectivity index (χ1) is 15.2. The standard InChI is InChI=1S/C22H36N2O3.C2H2O4/c1-16(2)21(26)24-11-9-23(10-12-24)14-19(25)15-27-20-8-7-18(13-17(20)3)22(4,5)6;3-1(4)2(5)6/h7-8,13,16,19,25H,9-12,14-15H2,1-6H3;(H,3,4)(H,5,6). The molecule has 1 heterocycles. The van der Waals surface area contributed by atoms with Crippen molar-refractivity contribution in [1.82, 2.24) is 9.80 Å². The lowest BCUT2D eigenvalue weighted by molar-refractivity contribution is -0.159. The Balaban J connectivity index is 0.000000801. The molecule has 0 radical (unpaired) electrons. The van der Waals surface area contributed by atoms with E-state index in [-0.39, 0.29) is 23.8 Å². The molecule has 1 aliphatic rings. The summed E-state index contributed by atoms with van der Waals surface area (Å²) >= 11 is 0. The molecule has 1 saturated heterocycles. The van der Waals surface area contributed by atoms with Crippen molar-refractivity contribution in [3.63, 3.8) is 0 Å². The first kappa shape index (κ1) is 28.4. The molecule has 1 amide bonds. The summed E-state index contributed by atoms with van der Waals surface area (Å²) in [5, 5.41) is 25.1. The van der Waals surface area contributed by atoms with E-state index in [1.165, 1.54) is 5.56 Å². The maximum Gasteiger partial charge on any atom is 0.414 e. The van der Waals surface area contributed by atoms with Crippen LogP contribution in [-0.4, -0.2) is 88.4 Å². The average molecular weight is 467 g/mol. The maximum atomic E-state index is 12.0. The third kappa shape index (κ3) is 9.79. The van der Waals surface area contributed by atoms with Crippen LogP contribution in [0.2, 0.25) is 0 Å². The topological polar surface area (TPSA) is 128 Å². The van der Waals surface area contributed by atoms with Crippen molar-refractivity contribution in [2.45, 2.75) is 53.1 Å². The van der Waals surface area contributed by atoms with Gasteiger partial charge in [0.1, 0.15) is 18.5 Å². The molecule has 9 heteroatoms. The van der Waals surface area contributed by atoms with E-state index in [4.69, 9.17) is 24.5 Å². The fourth-order valence-corrected chi connectivity index (χ4v) is 3.33. The molecular weight excluding hydrogens is 428 g/mol. The van der Waals surface area contributed by atoms with E-state index in [9.17, 15) is 9.90 Å². The number of nitrogens with zero attached hydrogens (tertiary/aromatic N) is 2. The van der Waals surface area contributed by atoms with Crippen molar-refractivity contribution in [2.24, 2.45) is 5.92 Å². The monoisotopic (exact) mass is 466 g/mol. The molecule has 0 saturated carbocycles. The quantitative estimate of drug-likeness (QED) is 0.543. The highest BCUT2D eigenvalue weighted by atomic mass is 16.5. The van der Waals surface area contributed by atoms with Crippen molar-refractivity contribution in [3.05, 3.63) is 29.3 Å². The summed E-state index contributed by atoms with van der Waals surface area (Å²) in [7, 11) is 0. The van der Waals surface area contributed by atoms with Crippen molar-refractivity contribution in [2.75, 3.05) is 39.3 Å². The summed E-state index contributed by atoms with van der Waals surface area (Å²) in [6, 6.07) is 6.26. The van der Waals surface area contributed by atoms with Gasteiger partial charge in [0.05, 0.1) is 0 Å². The molecule has 33 heavy (non-hydrogen) atoms. The smallest absolute Gasteiger partial charge is 0.414 e. The van der Waals surface area contributed by atoms with E-state index in [2.05, 4.69) is 37.8 Å². The Bertz CT molecular complexity index is 798. The highest BCUT2D eigenvalue weighted by Gasteiger charge is 2.24. The van der Waals surface area contributed by atoms with Crippen molar-refractivity contribution < 1.29 is 34.4 Å². The number of aliphatic carboxylic acids is 2. The third-order valence-corrected chi connectivity index (χ3v) is 5.30. The van der Waals surface area contributed by atoms with Gasteiger partial charge in [-0.15, -0.1) is 0 Å². The van der Waals surface area contributed by atoms with Crippen molar-refractivity contribution in [3.8, 4) is 5.75 Å². The molecule has 0 aromatic heterocycles.